The first-order valence-corrected chi connectivity index (χ1v) is 12.0. The third-order valence-corrected chi connectivity index (χ3v) is 6.31. The fourth-order valence-electron chi connectivity index (χ4n) is 3.44. The number of benzene rings is 3. The maximum absolute atomic E-state index is 13.3. The largest absolute Gasteiger partial charge is 0.272 e. The molecule has 1 N–H and O–H groups in total. The summed E-state index contributed by atoms with van der Waals surface area (Å²) in [5.41, 5.74) is 6.94. The lowest BCUT2D eigenvalue weighted by atomic mass is 10.0. The van der Waals surface area contributed by atoms with Gasteiger partial charge in [-0.05, 0) is 48.2 Å². The number of carbonyl (C=O) groups excluding carboxylic acids is 1. The van der Waals surface area contributed by atoms with E-state index in [0.717, 1.165) is 11.1 Å². The lowest BCUT2D eigenvalue weighted by Crippen LogP contribution is -2.24. The molecule has 1 heterocycles. The molecule has 0 bridgehead atoms. The van der Waals surface area contributed by atoms with E-state index in [4.69, 9.17) is 0 Å². The summed E-state index contributed by atoms with van der Waals surface area (Å²) < 4.78 is 1.55. The maximum Gasteiger partial charge on any atom is 0.266 e. The molecule has 7 heteroatoms. The quantitative estimate of drug-likeness (QED) is 0.177. The number of amides is 1. The van der Waals surface area contributed by atoms with Gasteiger partial charge in [-0.25, -0.2) is 10.4 Å². The average molecular weight is 471 g/mol. The van der Waals surface area contributed by atoms with Gasteiger partial charge in [-0.15, -0.1) is 0 Å². The van der Waals surface area contributed by atoms with Gasteiger partial charge < -0.3 is 0 Å². The van der Waals surface area contributed by atoms with Crippen LogP contribution in [-0.4, -0.2) is 27.4 Å². The Balaban J connectivity index is 1.51. The lowest BCUT2D eigenvalue weighted by Gasteiger charge is -2.13. The summed E-state index contributed by atoms with van der Waals surface area (Å²) in [6.45, 7) is 6.28. The van der Waals surface area contributed by atoms with Gasteiger partial charge in [-0.3, -0.25) is 14.2 Å². The number of nitrogens with zero attached hydrogens (tertiary/aromatic N) is 3. The zero-order valence-corrected chi connectivity index (χ0v) is 20.2. The Labute approximate surface area is 202 Å². The first-order valence-electron chi connectivity index (χ1n) is 11.1. The van der Waals surface area contributed by atoms with Gasteiger partial charge in [-0.1, -0.05) is 79.7 Å². The van der Waals surface area contributed by atoms with Gasteiger partial charge in [0.05, 0.1) is 28.6 Å². The summed E-state index contributed by atoms with van der Waals surface area (Å²) >= 11 is 1.20. The Hall–Kier alpha value is -3.71. The molecule has 0 aliphatic rings. The fourth-order valence-corrected chi connectivity index (χ4v) is 4.24. The van der Waals surface area contributed by atoms with Crippen molar-refractivity contribution in [3.63, 3.8) is 0 Å². The molecule has 3 aromatic carbocycles. The van der Waals surface area contributed by atoms with Crippen molar-refractivity contribution in [2.45, 2.75) is 31.8 Å². The van der Waals surface area contributed by atoms with Crippen LogP contribution in [0.4, 0.5) is 0 Å². The minimum Gasteiger partial charge on any atom is -0.272 e. The van der Waals surface area contributed by atoms with Crippen LogP contribution in [0.2, 0.25) is 0 Å². The maximum atomic E-state index is 13.3. The van der Waals surface area contributed by atoms with Crippen molar-refractivity contribution in [1.29, 1.82) is 0 Å². The van der Waals surface area contributed by atoms with Crippen LogP contribution in [-0.2, 0) is 4.79 Å². The summed E-state index contributed by atoms with van der Waals surface area (Å²) in [4.78, 5) is 30.4. The summed E-state index contributed by atoms with van der Waals surface area (Å²) in [5.74, 6) is 0.252. The van der Waals surface area contributed by atoms with Gasteiger partial charge >= 0.3 is 0 Å². The highest BCUT2D eigenvalue weighted by Gasteiger charge is 2.14. The second kappa shape index (κ2) is 10.5. The highest BCUT2D eigenvalue weighted by atomic mass is 32.2. The molecule has 172 valence electrons. The van der Waals surface area contributed by atoms with Crippen molar-refractivity contribution in [3.8, 4) is 5.69 Å². The van der Waals surface area contributed by atoms with E-state index >= 15 is 0 Å². The molecule has 0 fully saturated rings. The summed E-state index contributed by atoms with van der Waals surface area (Å²) in [6, 6.07) is 22.9. The van der Waals surface area contributed by atoms with Crippen molar-refractivity contribution in [2.24, 2.45) is 5.10 Å². The highest BCUT2D eigenvalue weighted by Crippen LogP contribution is 2.21. The number of hydrazone groups is 1. The minimum absolute atomic E-state index is 0.0697. The Kier molecular flexibility index (Phi) is 7.23. The zero-order chi connectivity index (χ0) is 24.1. The van der Waals surface area contributed by atoms with Gasteiger partial charge in [0.15, 0.2) is 5.16 Å². The molecule has 0 saturated heterocycles. The van der Waals surface area contributed by atoms with Crippen molar-refractivity contribution in [3.05, 3.63) is 99.8 Å². The van der Waals surface area contributed by atoms with Gasteiger partial charge in [-0.2, -0.15) is 5.10 Å². The monoisotopic (exact) mass is 470 g/mol. The average Bonchev–Trinajstić information content (AvgIpc) is 2.84. The van der Waals surface area contributed by atoms with Crippen molar-refractivity contribution in [2.75, 3.05) is 5.75 Å². The molecule has 1 aromatic heterocycles. The topological polar surface area (TPSA) is 76.3 Å². The SMILES string of the molecule is Cc1ccc(-n2c(SCC(=O)N/N=C/c3ccc(C(C)C)cc3)nc3ccccc3c2=O)cc1. The molecule has 0 radical (unpaired) electrons. The minimum atomic E-state index is -0.280. The third-order valence-electron chi connectivity index (χ3n) is 5.38. The standard InChI is InChI=1S/C27H26N4O2S/c1-18(2)21-12-10-20(11-13-21)16-28-30-25(32)17-34-27-29-24-7-5-4-6-23(24)26(33)31(27)22-14-8-19(3)9-15-22/h4-16,18H,17H2,1-3H3,(H,30,32)/b28-16+. The van der Waals surface area contributed by atoms with E-state index in [1.165, 1.54) is 17.3 Å². The van der Waals surface area contributed by atoms with Crippen LogP contribution >= 0.6 is 11.8 Å². The molecule has 0 unspecified atom stereocenters. The van der Waals surface area contributed by atoms with Crippen LogP contribution < -0.4 is 11.0 Å². The van der Waals surface area contributed by atoms with E-state index in [2.05, 4.69) is 41.5 Å². The zero-order valence-electron chi connectivity index (χ0n) is 19.4. The van der Waals surface area contributed by atoms with Crippen LogP contribution in [0.3, 0.4) is 0 Å². The number of para-hydroxylation sites is 1. The molecular weight excluding hydrogens is 444 g/mol. The number of fused-ring (bicyclic) bond motifs is 1. The first-order chi connectivity index (χ1) is 16.4. The Morgan fingerprint density at radius 2 is 1.76 bits per heavy atom. The molecule has 34 heavy (non-hydrogen) atoms. The third kappa shape index (κ3) is 5.43. The van der Waals surface area contributed by atoms with Gasteiger partial charge in [0.2, 0.25) is 0 Å². The Bertz CT molecular complexity index is 1390. The van der Waals surface area contributed by atoms with Crippen LogP contribution in [0.15, 0.2) is 87.8 Å². The fraction of sp³-hybridized carbons (Fsp3) is 0.185. The van der Waals surface area contributed by atoms with E-state index in [9.17, 15) is 9.59 Å². The van der Waals surface area contributed by atoms with Crippen LogP contribution in [0.5, 0.6) is 0 Å². The molecule has 4 rings (SSSR count). The molecule has 4 aromatic rings. The smallest absolute Gasteiger partial charge is 0.266 e. The van der Waals surface area contributed by atoms with Gasteiger partial charge in [0, 0.05) is 0 Å². The molecule has 6 nitrogen and oxygen atoms in total. The molecule has 0 atom stereocenters. The number of rotatable bonds is 7. The second-order valence-electron chi connectivity index (χ2n) is 8.29. The Morgan fingerprint density at radius 1 is 1.06 bits per heavy atom. The number of hydrogen-bond acceptors (Lipinski definition) is 5. The first kappa shape index (κ1) is 23.4. The van der Waals surface area contributed by atoms with Crippen LogP contribution in [0.1, 0.15) is 36.5 Å². The molecule has 0 aliphatic heterocycles. The van der Waals surface area contributed by atoms with Crippen LogP contribution in [0, 0.1) is 6.92 Å². The van der Waals surface area contributed by atoms with E-state index in [1.807, 2.05) is 55.5 Å². The predicted molar refractivity (Wildman–Crippen MR) is 139 cm³/mol. The van der Waals surface area contributed by atoms with Crippen molar-refractivity contribution >= 4 is 34.8 Å². The molecule has 0 saturated carbocycles. The van der Waals surface area contributed by atoms with E-state index in [-0.39, 0.29) is 17.2 Å². The predicted octanol–water partition coefficient (Wildman–Crippen LogP) is 5.06. The number of hydrogen-bond donors (Lipinski definition) is 1. The van der Waals surface area contributed by atoms with E-state index < -0.39 is 0 Å². The summed E-state index contributed by atoms with van der Waals surface area (Å²) in [5, 5.41) is 5.05. The van der Waals surface area contributed by atoms with Crippen LogP contribution in [0.25, 0.3) is 16.6 Å². The number of aromatic nitrogens is 2. The van der Waals surface area contributed by atoms with Gasteiger partial charge in [0.25, 0.3) is 11.5 Å². The van der Waals surface area contributed by atoms with Gasteiger partial charge in [0.1, 0.15) is 0 Å². The summed E-state index contributed by atoms with van der Waals surface area (Å²) in [7, 11) is 0. The molecule has 1 amide bonds. The highest BCUT2D eigenvalue weighted by molar-refractivity contribution is 7.99. The normalized spacial score (nSPS) is 11.4. The molecule has 0 spiro atoms. The van der Waals surface area contributed by atoms with E-state index in [1.54, 1.807) is 22.9 Å². The number of thioether (sulfide) groups is 1. The number of aryl methyl sites for hydroxylation is 1. The van der Waals surface area contributed by atoms with Crippen molar-refractivity contribution in [1.82, 2.24) is 15.0 Å². The molecular formula is C27H26N4O2S. The van der Waals surface area contributed by atoms with E-state index in [0.29, 0.717) is 27.7 Å². The van der Waals surface area contributed by atoms with Crippen molar-refractivity contribution < 1.29 is 4.79 Å². The number of nitrogens with one attached hydrogen (secondary N) is 1. The molecule has 0 aliphatic carbocycles. The number of carbonyl (C=O) groups is 1. The Morgan fingerprint density at radius 3 is 2.47 bits per heavy atom. The second-order valence-corrected chi connectivity index (χ2v) is 9.23. The summed E-state index contributed by atoms with van der Waals surface area (Å²) in [6.07, 6.45) is 1.61. The lowest BCUT2D eigenvalue weighted by molar-refractivity contribution is -0.118.